The van der Waals surface area contributed by atoms with Gasteiger partial charge in [0.1, 0.15) is 5.76 Å². The molecule has 1 saturated heterocycles. The van der Waals surface area contributed by atoms with Crippen LogP contribution in [0.5, 0.6) is 0 Å². The third-order valence-electron chi connectivity index (χ3n) is 5.12. The number of nitrogens with one attached hydrogen (secondary N) is 1. The first-order valence-corrected chi connectivity index (χ1v) is 9.83. The van der Waals surface area contributed by atoms with Crippen molar-refractivity contribution in [3.8, 4) is 11.5 Å². The van der Waals surface area contributed by atoms with Crippen LogP contribution in [0.3, 0.4) is 0 Å². The van der Waals surface area contributed by atoms with Crippen molar-refractivity contribution in [1.82, 2.24) is 9.88 Å². The molecule has 2 aromatic carbocycles. The van der Waals surface area contributed by atoms with Crippen molar-refractivity contribution < 1.29 is 13.9 Å². The fourth-order valence-electron chi connectivity index (χ4n) is 3.32. The zero-order valence-electron chi connectivity index (χ0n) is 16.8. The maximum atomic E-state index is 12.7. The first-order chi connectivity index (χ1) is 14.1. The molecule has 0 aliphatic carbocycles. The van der Waals surface area contributed by atoms with Crippen LogP contribution in [0.1, 0.15) is 27.4 Å². The van der Waals surface area contributed by atoms with Gasteiger partial charge in [0.05, 0.1) is 18.9 Å². The number of benzene rings is 2. The van der Waals surface area contributed by atoms with Crippen molar-refractivity contribution in [3.63, 3.8) is 0 Å². The van der Waals surface area contributed by atoms with Crippen LogP contribution in [0, 0.1) is 13.8 Å². The number of hydrogen-bond acceptors (Lipinski definition) is 5. The summed E-state index contributed by atoms with van der Waals surface area (Å²) in [6.07, 6.45) is 0. The second-order valence-corrected chi connectivity index (χ2v) is 7.28. The lowest BCUT2D eigenvalue weighted by atomic mass is 10.1. The highest BCUT2D eigenvalue weighted by molar-refractivity contribution is 6.04. The second-order valence-electron chi connectivity index (χ2n) is 7.28. The average Bonchev–Trinajstić information content (AvgIpc) is 3.08. The Balaban J connectivity index is 1.41. The average molecular weight is 391 g/mol. The van der Waals surface area contributed by atoms with E-state index in [9.17, 15) is 4.79 Å². The number of carbonyl (C=O) groups excluding carboxylic acids is 1. The largest absolute Gasteiger partial charge is 0.441 e. The lowest BCUT2D eigenvalue weighted by Gasteiger charge is -2.26. The smallest absolute Gasteiger partial charge is 0.255 e. The molecule has 2 heterocycles. The van der Waals surface area contributed by atoms with E-state index in [1.165, 1.54) is 0 Å². The van der Waals surface area contributed by atoms with Gasteiger partial charge in [-0.25, -0.2) is 4.98 Å². The number of anilines is 1. The van der Waals surface area contributed by atoms with Gasteiger partial charge in [-0.1, -0.05) is 12.1 Å². The summed E-state index contributed by atoms with van der Waals surface area (Å²) in [6, 6.07) is 15.3. The molecule has 0 spiro atoms. The fraction of sp³-hybridized carbons (Fsp3) is 0.304. The van der Waals surface area contributed by atoms with Crippen LogP contribution in [0.25, 0.3) is 11.5 Å². The maximum absolute atomic E-state index is 12.7. The molecule has 150 valence electrons. The fourth-order valence-corrected chi connectivity index (χ4v) is 3.32. The van der Waals surface area contributed by atoms with Gasteiger partial charge in [-0.3, -0.25) is 9.69 Å². The Hall–Kier alpha value is -2.96. The van der Waals surface area contributed by atoms with Crippen LogP contribution in [-0.4, -0.2) is 42.1 Å². The molecule has 4 rings (SSSR count). The van der Waals surface area contributed by atoms with Crippen LogP contribution in [0.4, 0.5) is 5.69 Å². The number of ether oxygens (including phenoxy) is 1. The van der Waals surface area contributed by atoms with Gasteiger partial charge >= 0.3 is 0 Å². The minimum atomic E-state index is -0.121. The Morgan fingerprint density at radius 2 is 1.86 bits per heavy atom. The molecule has 0 saturated carbocycles. The third kappa shape index (κ3) is 4.72. The van der Waals surface area contributed by atoms with E-state index in [0.717, 1.165) is 61.1 Å². The van der Waals surface area contributed by atoms with Crippen LogP contribution in [0.15, 0.2) is 52.9 Å². The molecule has 1 aliphatic rings. The van der Waals surface area contributed by atoms with Crippen molar-refractivity contribution in [2.45, 2.75) is 20.4 Å². The molecular formula is C23H25N3O3. The minimum absolute atomic E-state index is 0.121. The molecule has 0 radical (unpaired) electrons. The lowest BCUT2D eigenvalue weighted by Crippen LogP contribution is -2.35. The molecule has 29 heavy (non-hydrogen) atoms. The van der Waals surface area contributed by atoms with Crippen LogP contribution in [-0.2, 0) is 11.3 Å². The van der Waals surface area contributed by atoms with Crippen LogP contribution < -0.4 is 5.32 Å². The van der Waals surface area contributed by atoms with Gasteiger partial charge in [-0.2, -0.15) is 0 Å². The topological polar surface area (TPSA) is 67.6 Å². The Labute approximate surface area is 170 Å². The second kappa shape index (κ2) is 8.59. The van der Waals surface area contributed by atoms with Crippen LogP contribution >= 0.6 is 0 Å². The SMILES string of the molecule is Cc1nc(-c2ccc(NC(=O)c3cccc(CN4CCOCC4)c3)cc2)oc1C. The van der Waals surface area contributed by atoms with Gasteiger partial charge in [0.2, 0.25) is 5.89 Å². The highest BCUT2D eigenvalue weighted by Gasteiger charge is 2.13. The predicted octanol–water partition coefficient (Wildman–Crippen LogP) is 4.04. The summed E-state index contributed by atoms with van der Waals surface area (Å²) in [5.74, 6) is 1.28. The molecule has 0 bridgehead atoms. The van der Waals surface area contributed by atoms with Crippen molar-refractivity contribution in [2.24, 2.45) is 0 Å². The number of oxazole rings is 1. The predicted molar refractivity (Wildman–Crippen MR) is 112 cm³/mol. The number of amides is 1. The Morgan fingerprint density at radius 1 is 1.10 bits per heavy atom. The maximum Gasteiger partial charge on any atom is 0.255 e. The van der Waals surface area contributed by atoms with Gasteiger partial charge in [0.15, 0.2) is 0 Å². The van der Waals surface area contributed by atoms with E-state index < -0.39 is 0 Å². The number of rotatable bonds is 5. The number of nitrogens with zero attached hydrogens (tertiary/aromatic N) is 2. The van der Waals surface area contributed by atoms with Crippen molar-refractivity contribution in [1.29, 1.82) is 0 Å². The molecule has 1 aromatic heterocycles. The normalized spacial score (nSPS) is 14.7. The lowest BCUT2D eigenvalue weighted by molar-refractivity contribution is 0.0342. The van der Waals surface area contributed by atoms with Gasteiger partial charge in [-0.05, 0) is 55.8 Å². The third-order valence-corrected chi connectivity index (χ3v) is 5.12. The standard InChI is InChI=1S/C23H25N3O3/c1-16-17(2)29-23(24-16)19-6-8-21(9-7-19)25-22(27)20-5-3-4-18(14-20)15-26-10-12-28-13-11-26/h3-9,14H,10-13,15H2,1-2H3,(H,25,27). The van der Waals surface area contributed by atoms with Gasteiger partial charge in [0, 0.05) is 36.4 Å². The first-order valence-electron chi connectivity index (χ1n) is 9.83. The molecule has 0 unspecified atom stereocenters. The van der Waals surface area contributed by atoms with E-state index >= 15 is 0 Å². The van der Waals surface area contributed by atoms with E-state index in [0.29, 0.717) is 11.5 Å². The number of aromatic nitrogens is 1. The quantitative estimate of drug-likeness (QED) is 0.711. The molecular weight excluding hydrogens is 366 g/mol. The monoisotopic (exact) mass is 391 g/mol. The number of morpholine rings is 1. The summed E-state index contributed by atoms with van der Waals surface area (Å²) in [7, 11) is 0. The summed E-state index contributed by atoms with van der Waals surface area (Å²) >= 11 is 0. The van der Waals surface area contributed by atoms with E-state index in [1.807, 2.05) is 56.3 Å². The summed E-state index contributed by atoms with van der Waals surface area (Å²) in [5, 5.41) is 2.96. The van der Waals surface area contributed by atoms with Crippen molar-refractivity contribution in [2.75, 3.05) is 31.6 Å². The van der Waals surface area contributed by atoms with E-state index in [2.05, 4.69) is 21.3 Å². The minimum Gasteiger partial charge on any atom is -0.441 e. The molecule has 1 fully saturated rings. The van der Waals surface area contributed by atoms with Gasteiger partial charge < -0.3 is 14.5 Å². The number of carbonyl (C=O) groups is 1. The molecule has 1 aliphatic heterocycles. The van der Waals surface area contributed by atoms with Crippen molar-refractivity contribution >= 4 is 11.6 Å². The molecule has 1 N–H and O–H groups in total. The highest BCUT2D eigenvalue weighted by Crippen LogP contribution is 2.23. The number of aryl methyl sites for hydroxylation is 2. The Bertz CT molecular complexity index is 969. The van der Waals surface area contributed by atoms with E-state index in [-0.39, 0.29) is 5.91 Å². The highest BCUT2D eigenvalue weighted by atomic mass is 16.5. The zero-order valence-corrected chi connectivity index (χ0v) is 16.8. The van der Waals surface area contributed by atoms with Gasteiger partial charge in [0.25, 0.3) is 5.91 Å². The van der Waals surface area contributed by atoms with Crippen LogP contribution in [0.2, 0.25) is 0 Å². The molecule has 0 atom stereocenters. The Kier molecular flexibility index (Phi) is 5.74. The summed E-state index contributed by atoms with van der Waals surface area (Å²) in [4.78, 5) is 19.4. The summed E-state index contributed by atoms with van der Waals surface area (Å²) in [6.45, 7) is 8.02. The number of hydrogen-bond donors (Lipinski definition) is 1. The molecule has 6 heteroatoms. The van der Waals surface area contributed by atoms with Gasteiger partial charge in [-0.15, -0.1) is 0 Å². The molecule has 6 nitrogen and oxygen atoms in total. The summed E-state index contributed by atoms with van der Waals surface area (Å²) in [5.41, 5.74) is 4.28. The Morgan fingerprint density at radius 3 is 2.55 bits per heavy atom. The summed E-state index contributed by atoms with van der Waals surface area (Å²) < 4.78 is 11.0. The first kappa shape index (κ1) is 19.4. The van der Waals surface area contributed by atoms with E-state index in [4.69, 9.17) is 9.15 Å². The zero-order chi connectivity index (χ0) is 20.2. The van der Waals surface area contributed by atoms with E-state index in [1.54, 1.807) is 0 Å². The molecule has 3 aromatic rings. The van der Waals surface area contributed by atoms with Crippen molar-refractivity contribution in [3.05, 3.63) is 71.1 Å². The molecule has 1 amide bonds.